The van der Waals surface area contributed by atoms with Crippen molar-refractivity contribution in [1.82, 2.24) is 15.0 Å². The lowest BCUT2D eigenvalue weighted by Crippen LogP contribution is -2.21. The van der Waals surface area contributed by atoms with Crippen LogP contribution in [0.2, 0.25) is 0 Å². The number of aromatic nitrogens is 3. The van der Waals surface area contributed by atoms with Gasteiger partial charge in [-0.2, -0.15) is 5.26 Å². The molecule has 0 atom stereocenters. The van der Waals surface area contributed by atoms with Crippen LogP contribution in [0.5, 0.6) is 0 Å². The summed E-state index contributed by atoms with van der Waals surface area (Å²) in [5.74, 6) is -3.10. The normalized spacial score (nSPS) is 15.2. The van der Waals surface area contributed by atoms with Crippen LogP contribution in [-0.2, 0) is 17.9 Å². The molecule has 2 heterocycles. The third-order valence-corrected chi connectivity index (χ3v) is 5.79. The summed E-state index contributed by atoms with van der Waals surface area (Å²) in [5, 5.41) is 13.5. The molecule has 30 heavy (non-hydrogen) atoms. The molecule has 2 aromatic heterocycles. The molecule has 1 aliphatic rings. The van der Waals surface area contributed by atoms with Crippen molar-refractivity contribution in [1.29, 1.82) is 5.26 Å². The van der Waals surface area contributed by atoms with Crippen molar-refractivity contribution < 1.29 is 8.78 Å². The molecule has 3 aromatic rings. The minimum Gasteiger partial charge on any atom is -0.365 e. The van der Waals surface area contributed by atoms with Gasteiger partial charge in [0.25, 0.3) is 5.92 Å². The second kappa shape index (κ2) is 7.28. The molecule has 1 fully saturated rings. The van der Waals surface area contributed by atoms with Gasteiger partial charge in [-0.3, -0.25) is 0 Å². The van der Waals surface area contributed by atoms with E-state index in [2.05, 4.69) is 26.3 Å². The number of aryl methyl sites for hydroxylation is 1. The molecular weight excluding hydrogens is 384 g/mol. The summed E-state index contributed by atoms with van der Waals surface area (Å²) in [7, 11) is 0. The number of fused-ring (bicyclic) bond motifs is 1. The van der Waals surface area contributed by atoms with E-state index in [1.165, 1.54) is 32.3 Å². The van der Waals surface area contributed by atoms with Crippen LogP contribution in [0.1, 0.15) is 49.1 Å². The number of nitrogens with zero attached hydrogens (tertiary/aromatic N) is 4. The van der Waals surface area contributed by atoms with Crippen molar-refractivity contribution in [2.45, 2.75) is 51.5 Å². The van der Waals surface area contributed by atoms with Crippen molar-refractivity contribution in [2.75, 3.05) is 5.32 Å². The van der Waals surface area contributed by atoms with E-state index in [0.29, 0.717) is 18.0 Å². The molecule has 1 aromatic carbocycles. The summed E-state index contributed by atoms with van der Waals surface area (Å²) in [4.78, 5) is 13.1. The number of pyridine rings is 1. The van der Waals surface area contributed by atoms with Gasteiger partial charge in [0.05, 0.1) is 16.9 Å². The first kappa shape index (κ1) is 20.1. The number of hydrogen-bond acceptors (Lipinski definition) is 5. The van der Waals surface area contributed by atoms with Crippen LogP contribution >= 0.6 is 0 Å². The maximum atomic E-state index is 14.4. The number of alkyl halides is 2. The first-order valence-electron chi connectivity index (χ1n) is 10.0. The monoisotopic (exact) mass is 407 g/mol. The van der Waals surface area contributed by atoms with Crippen LogP contribution in [0.3, 0.4) is 0 Å². The van der Waals surface area contributed by atoms with Gasteiger partial charge in [-0.25, -0.2) is 23.7 Å². The third-order valence-electron chi connectivity index (χ3n) is 5.79. The van der Waals surface area contributed by atoms with Crippen molar-refractivity contribution >= 4 is 16.9 Å². The number of nitrogens with one attached hydrogen (secondary N) is 1. The molecule has 0 spiro atoms. The molecule has 154 valence electrons. The average Bonchev–Trinajstić information content (AvgIpc) is 3.53. The number of nitriles is 1. The highest BCUT2D eigenvalue weighted by Gasteiger charge is 2.46. The molecule has 0 unspecified atom stereocenters. The molecule has 0 saturated heterocycles. The zero-order valence-electron chi connectivity index (χ0n) is 17.2. The lowest BCUT2D eigenvalue weighted by molar-refractivity contribution is -0.0514. The summed E-state index contributed by atoms with van der Waals surface area (Å²) in [6.45, 7) is 5.25. The van der Waals surface area contributed by atoms with E-state index in [1.54, 1.807) is 12.1 Å². The fraction of sp³-hybridized carbons (Fsp3) is 0.391. The van der Waals surface area contributed by atoms with Crippen LogP contribution in [-0.4, -0.2) is 15.0 Å². The lowest BCUT2D eigenvalue weighted by atomic mass is 9.95. The van der Waals surface area contributed by atoms with Crippen molar-refractivity contribution in [3.63, 3.8) is 0 Å². The van der Waals surface area contributed by atoms with Crippen molar-refractivity contribution in [3.05, 3.63) is 59.0 Å². The SMILES string of the molecule is Cc1nc2ncnc(NCc3cccc(C(F)(F)C(C)C)c3)c2cc1C1(C#N)CC1. The molecule has 0 radical (unpaired) electrons. The Hall–Kier alpha value is -3.14. The fourth-order valence-electron chi connectivity index (χ4n) is 3.68. The Balaban J connectivity index is 1.64. The number of rotatable bonds is 6. The Kier molecular flexibility index (Phi) is 4.89. The van der Waals surface area contributed by atoms with Crippen molar-refractivity contribution in [3.8, 4) is 6.07 Å². The van der Waals surface area contributed by atoms with Gasteiger partial charge >= 0.3 is 0 Å². The maximum absolute atomic E-state index is 14.4. The van der Waals surface area contributed by atoms with E-state index in [4.69, 9.17) is 0 Å². The minimum absolute atomic E-state index is 0.00798. The van der Waals surface area contributed by atoms with E-state index < -0.39 is 17.3 Å². The Morgan fingerprint density at radius 1 is 1.23 bits per heavy atom. The molecule has 0 amide bonds. The zero-order chi connectivity index (χ0) is 21.5. The molecule has 0 aliphatic heterocycles. The van der Waals surface area contributed by atoms with Gasteiger partial charge in [0, 0.05) is 23.7 Å². The molecular formula is C23H23F2N5. The molecule has 4 rings (SSSR count). The Labute approximate surface area is 174 Å². The summed E-state index contributed by atoms with van der Waals surface area (Å²) < 4.78 is 28.8. The second-order valence-electron chi connectivity index (χ2n) is 8.24. The fourth-order valence-corrected chi connectivity index (χ4v) is 3.68. The first-order chi connectivity index (χ1) is 14.3. The number of hydrogen-bond donors (Lipinski definition) is 1. The topological polar surface area (TPSA) is 74.5 Å². The highest BCUT2D eigenvalue weighted by atomic mass is 19.3. The zero-order valence-corrected chi connectivity index (χ0v) is 17.2. The quantitative estimate of drug-likeness (QED) is 0.604. The van der Waals surface area contributed by atoms with Gasteiger partial charge in [-0.1, -0.05) is 32.0 Å². The molecule has 7 heteroatoms. The summed E-state index contributed by atoms with van der Waals surface area (Å²) in [6.07, 6.45) is 3.08. The van der Waals surface area contributed by atoms with Crippen LogP contribution < -0.4 is 5.32 Å². The second-order valence-corrected chi connectivity index (χ2v) is 8.24. The number of halogens is 2. The summed E-state index contributed by atoms with van der Waals surface area (Å²) >= 11 is 0. The van der Waals surface area contributed by atoms with E-state index in [0.717, 1.165) is 35.0 Å². The molecule has 0 bridgehead atoms. The van der Waals surface area contributed by atoms with E-state index in [9.17, 15) is 14.0 Å². The highest BCUT2D eigenvalue weighted by molar-refractivity contribution is 5.87. The molecule has 1 aliphatic carbocycles. The van der Waals surface area contributed by atoms with Crippen LogP contribution in [0.25, 0.3) is 11.0 Å². The van der Waals surface area contributed by atoms with Crippen LogP contribution in [0, 0.1) is 24.2 Å². The molecule has 1 saturated carbocycles. The number of benzene rings is 1. The first-order valence-corrected chi connectivity index (χ1v) is 10.0. The van der Waals surface area contributed by atoms with E-state index in [-0.39, 0.29) is 5.56 Å². The number of anilines is 1. The van der Waals surface area contributed by atoms with Gasteiger partial charge < -0.3 is 5.32 Å². The van der Waals surface area contributed by atoms with Crippen LogP contribution in [0.4, 0.5) is 14.6 Å². The van der Waals surface area contributed by atoms with E-state index in [1.807, 2.05) is 13.0 Å². The Morgan fingerprint density at radius 3 is 2.67 bits per heavy atom. The van der Waals surface area contributed by atoms with Crippen LogP contribution in [0.15, 0.2) is 36.7 Å². The third kappa shape index (κ3) is 3.47. The van der Waals surface area contributed by atoms with Gasteiger partial charge in [0.15, 0.2) is 5.65 Å². The lowest BCUT2D eigenvalue weighted by Gasteiger charge is -2.21. The van der Waals surface area contributed by atoms with Gasteiger partial charge in [0.1, 0.15) is 12.1 Å². The minimum atomic E-state index is -2.89. The largest absolute Gasteiger partial charge is 0.365 e. The van der Waals surface area contributed by atoms with Gasteiger partial charge in [-0.15, -0.1) is 0 Å². The van der Waals surface area contributed by atoms with Gasteiger partial charge in [0.2, 0.25) is 0 Å². The molecule has 1 N–H and O–H groups in total. The predicted molar refractivity (Wildman–Crippen MR) is 111 cm³/mol. The highest BCUT2D eigenvalue weighted by Crippen LogP contribution is 2.49. The predicted octanol–water partition coefficient (Wildman–Crippen LogP) is 5.25. The standard InChI is InChI=1S/C23H23F2N5/c1-14(2)23(24,25)17-6-4-5-16(9-17)11-27-20-18-10-19(22(12-26)7-8-22)15(3)30-21(18)29-13-28-20/h4-6,9-10,13-14H,7-8,11H2,1-3H3,(H,27,28,29,30). The average molecular weight is 407 g/mol. The summed E-state index contributed by atoms with van der Waals surface area (Å²) in [5.41, 5.74) is 2.53. The van der Waals surface area contributed by atoms with Gasteiger partial charge in [-0.05, 0) is 43.0 Å². The Morgan fingerprint density at radius 2 is 2.00 bits per heavy atom. The van der Waals surface area contributed by atoms with E-state index >= 15 is 0 Å². The summed E-state index contributed by atoms with van der Waals surface area (Å²) in [6, 6.07) is 10.8. The van der Waals surface area contributed by atoms with Crippen molar-refractivity contribution in [2.24, 2.45) is 5.92 Å². The smallest absolute Gasteiger partial charge is 0.275 e. The maximum Gasteiger partial charge on any atom is 0.275 e. The Bertz CT molecular complexity index is 1150. The molecule has 5 nitrogen and oxygen atoms in total.